The molecule has 0 saturated carbocycles. The number of cyclic esters (lactones) is 1. The second kappa shape index (κ2) is 6.24. The summed E-state index contributed by atoms with van der Waals surface area (Å²) in [6.45, 7) is 0. The molecule has 2 aromatic rings. The van der Waals surface area contributed by atoms with Gasteiger partial charge in [-0.15, -0.1) is 0 Å². The molecule has 0 radical (unpaired) electrons. The molecule has 2 aromatic carbocycles. The molecule has 0 aromatic heterocycles. The molecule has 1 aliphatic heterocycles. The van der Waals surface area contributed by atoms with Gasteiger partial charge in [-0.2, -0.15) is 0 Å². The van der Waals surface area contributed by atoms with Crippen molar-refractivity contribution in [3.05, 3.63) is 73.8 Å². The summed E-state index contributed by atoms with van der Waals surface area (Å²) in [6, 6.07) is 12.5. The zero-order valence-corrected chi connectivity index (χ0v) is 14.1. The average Bonchev–Trinajstić information content (AvgIpc) is 2.85. The number of rotatable bonds is 2. The van der Waals surface area contributed by atoms with Gasteiger partial charge in [0.25, 0.3) is 0 Å². The van der Waals surface area contributed by atoms with E-state index in [-0.39, 0.29) is 11.6 Å². The molecule has 0 amide bonds. The van der Waals surface area contributed by atoms with Gasteiger partial charge in [0.1, 0.15) is 0 Å². The fourth-order valence-corrected chi connectivity index (χ4v) is 2.70. The minimum Gasteiger partial charge on any atom is -0.402 e. The zero-order valence-electron chi connectivity index (χ0n) is 11.0. The van der Waals surface area contributed by atoms with Crippen molar-refractivity contribution in [2.45, 2.75) is 0 Å². The van der Waals surface area contributed by atoms with Crippen molar-refractivity contribution in [3.63, 3.8) is 0 Å². The van der Waals surface area contributed by atoms with Crippen LogP contribution in [0, 0.1) is 0 Å². The Bertz CT molecular complexity index is 831. The molecule has 0 N–H and O–H groups in total. The van der Waals surface area contributed by atoms with Gasteiger partial charge in [0.05, 0.1) is 10.0 Å². The Balaban J connectivity index is 2.00. The van der Waals surface area contributed by atoms with Gasteiger partial charge in [-0.3, -0.25) is 0 Å². The highest BCUT2D eigenvalue weighted by molar-refractivity contribution is 9.10. The molecule has 110 valence electrons. The van der Waals surface area contributed by atoms with Gasteiger partial charge < -0.3 is 4.74 Å². The standard InChI is InChI=1S/C16H8BrCl2NO2/c17-11-5-1-4-10(7-11)15-20-13(16(21)22-15)8-9-3-2-6-12(18)14(9)19/h1-8H. The van der Waals surface area contributed by atoms with Crippen molar-refractivity contribution in [3.8, 4) is 0 Å². The number of carbonyl (C=O) groups excluding carboxylic acids is 1. The van der Waals surface area contributed by atoms with E-state index in [1.165, 1.54) is 0 Å². The minimum absolute atomic E-state index is 0.180. The molecule has 0 spiro atoms. The van der Waals surface area contributed by atoms with Gasteiger partial charge in [-0.05, 0) is 35.9 Å². The van der Waals surface area contributed by atoms with Crippen LogP contribution in [-0.4, -0.2) is 11.9 Å². The number of hydrogen-bond acceptors (Lipinski definition) is 3. The fraction of sp³-hybridized carbons (Fsp3) is 0. The normalized spacial score (nSPS) is 15.9. The van der Waals surface area contributed by atoms with Crippen molar-refractivity contribution >= 4 is 57.1 Å². The predicted octanol–water partition coefficient (Wildman–Crippen LogP) is 5.10. The molecule has 3 nitrogen and oxygen atoms in total. The molecule has 0 bridgehead atoms. The first kappa shape index (κ1) is 15.3. The summed E-state index contributed by atoms with van der Waals surface area (Å²) >= 11 is 15.4. The second-order valence-electron chi connectivity index (χ2n) is 4.49. The van der Waals surface area contributed by atoms with E-state index in [0.717, 1.165) is 4.47 Å². The van der Waals surface area contributed by atoms with Crippen LogP contribution < -0.4 is 0 Å². The third kappa shape index (κ3) is 3.09. The van der Waals surface area contributed by atoms with E-state index in [9.17, 15) is 4.79 Å². The van der Waals surface area contributed by atoms with Crippen molar-refractivity contribution in [1.29, 1.82) is 0 Å². The first-order chi connectivity index (χ1) is 10.5. The number of aliphatic imine (C=N–C) groups is 1. The van der Waals surface area contributed by atoms with Crippen LogP contribution in [0.4, 0.5) is 0 Å². The van der Waals surface area contributed by atoms with Crippen LogP contribution in [0.2, 0.25) is 10.0 Å². The van der Waals surface area contributed by atoms with Crippen LogP contribution >= 0.6 is 39.1 Å². The third-order valence-electron chi connectivity index (χ3n) is 2.97. The lowest BCUT2D eigenvalue weighted by atomic mass is 10.2. The molecule has 3 rings (SSSR count). The van der Waals surface area contributed by atoms with E-state index < -0.39 is 5.97 Å². The molecule has 0 unspecified atom stereocenters. The van der Waals surface area contributed by atoms with Gasteiger partial charge in [0.15, 0.2) is 5.70 Å². The smallest absolute Gasteiger partial charge is 0.363 e. The highest BCUT2D eigenvalue weighted by atomic mass is 79.9. The van der Waals surface area contributed by atoms with Gasteiger partial charge in [0, 0.05) is 10.0 Å². The molecular formula is C16H8BrCl2NO2. The Kier molecular flexibility index (Phi) is 4.34. The summed E-state index contributed by atoms with van der Waals surface area (Å²) in [7, 11) is 0. The summed E-state index contributed by atoms with van der Waals surface area (Å²) < 4.78 is 6.08. The minimum atomic E-state index is -0.522. The SMILES string of the molecule is O=C1OC(c2cccc(Br)c2)=NC1=Cc1cccc(Cl)c1Cl. The van der Waals surface area contributed by atoms with E-state index in [1.54, 1.807) is 24.3 Å². The topological polar surface area (TPSA) is 38.7 Å². The predicted molar refractivity (Wildman–Crippen MR) is 91.2 cm³/mol. The number of esters is 1. The maximum absolute atomic E-state index is 12.0. The molecule has 0 fully saturated rings. The van der Waals surface area contributed by atoms with Crippen LogP contribution in [0.5, 0.6) is 0 Å². The molecule has 0 atom stereocenters. The number of benzene rings is 2. The van der Waals surface area contributed by atoms with Gasteiger partial charge >= 0.3 is 5.97 Å². The van der Waals surface area contributed by atoms with E-state index in [1.807, 2.05) is 24.3 Å². The highest BCUT2D eigenvalue weighted by Gasteiger charge is 2.24. The van der Waals surface area contributed by atoms with Crippen molar-refractivity contribution < 1.29 is 9.53 Å². The maximum Gasteiger partial charge on any atom is 0.363 e. The maximum atomic E-state index is 12.0. The lowest BCUT2D eigenvalue weighted by molar-refractivity contribution is -0.129. The number of halogens is 3. The molecule has 0 saturated heterocycles. The summed E-state index contributed by atoms with van der Waals surface area (Å²) in [5.41, 5.74) is 1.50. The van der Waals surface area contributed by atoms with Gasteiger partial charge in [-0.1, -0.05) is 57.3 Å². The fourth-order valence-electron chi connectivity index (χ4n) is 1.93. The van der Waals surface area contributed by atoms with Crippen LogP contribution in [0.15, 0.2) is 57.6 Å². The van der Waals surface area contributed by atoms with Gasteiger partial charge in [0.2, 0.25) is 5.90 Å². The van der Waals surface area contributed by atoms with E-state index >= 15 is 0 Å². The molecule has 1 heterocycles. The van der Waals surface area contributed by atoms with Crippen molar-refractivity contribution in [2.24, 2.45) is 4.99 Å². The lowest BCUT2D eigenvalue weighted by Gasteiger charge is -2.00. The van der Waals surface area contributed by atoms with Gasteiger partial charge in [-0.25, -0.2) is 9.79 Å². The van der Waals surface area contributed by atoms with E-state index in [0.29, 0.717) is 21.2 Å². The third-order valence-corrected chi connectivity index (χ3v) is 4.29. The zero-order chi connectivity index (χ0) is 15.7. The molecule has 0 aliphatic carbocycles. The molecule has 22 heavy (non-hydrogen) atoms. The summed E-state index contributed by atoms with van der Waals surface area (Å²) in [5.74, 6) is -0.262. The lowest BCUT2D eigenvalue weighted by Crippen LogP contribution is -2.05. The van der Waals surface area contributed by atoms with E-state index in [4.69, 9.17) is 27.9 Å². The number of nitrogens with zero attached hydrogens (tertiary/aromatic N) is 1. The van der Waals surface area contributed by atoms with Crippen LogP contribution in [0.3, 0.4) is 0 Å². The molecular weight excluding hydrogens is 389 g/mol. The Morgan fingerprint density at radius 1 is 1.14 bits per heavy atom. The Hall–Kier alpha value is -1.62. The molecule has 1 aliphatic rings. The van der Waals surface area contributed by atoms with Crippen LogP contribution in [-0.2, 0) is 9.53 Å². The van der Waals surface area contributed by atoms with E-state index in [2.05, 4.69) is 20.9 Å². The second-order valence-corrected chi connectivity index (χ2v) is 6.19. The summed E-state index contributed by atoms with van der Waals surface area (Å²) in [6.07, 6.45) is 1.56. The van der Waals surface area contributed by atoms with Crippen molar-refractivity contribution in [2.75, 3.05) is 0 Å². The quantitative estimate of drug-likeness (QED) is 0.523. The summed E-state index contributed by atoms with van der Waals surface area (Å²) in [5, 5.41) is 0.786. The van der Waals surface area contributed by atoms with Crippen LogP contribution in [0.1, 0.15) is 11.1 Å². The monoisotopic (exact) mass is 395 g/mol. The number of ether oxygens (including phenoxy) is 1. The van der Waals surface area contributed by atoms with Crippen LogP contribution in [0.25, 0.3) is 6.08 Å². The first-order valence-corrected chi connectivity index (χ1v) is 7.82. The number of carbonyl (C=O) groups is 1. The number of hydrogen-bond donors (Lipinski definition) is 0. The highest BCUT2D eigenvalue weighted by Crippen LogP contribution is 2.29. The van der Waals surface area contributed by atoms with Crippen molar-refractivity contribution in [1.82, 2.24) is 0 Å². The molecule has 6 heteroatoms. The summed E-state index contributed by atoms with van der Waals surface area (Å²) in [4.78, 5) is 16.2. The Labute approximate surface area is 145 Å². The largest absolute Gasteiger partial charge is 0.402 e. The first-order valence-electron chi connectivity index (χ1n) is 6.27. The Morgan fingerprint density at radius 2 is 1.91 bits per heavy atom. The Morgan fingerprint density at radius 3 is 2.68 bits per heavy atom. The average molecular weight is 397 g/mol.